The van der Waals surface area contributed by atoms with Crippen molar-refractivity contribution >= 4 is 34.2 Å². The summed E-state index contributed by atoms with van der Waals surface area (Å²) in [5.41, 5.74) is 1.94. The number of fused-ring (bicyclic) bond motifs is 1. The van der Waals surface area contributed by atoms with Crippen LogP contribution >= 0.6 is 23.2 Å². The van der Waals surface area contributed by atoms with E-state index in [1.165, 1.54) is 6.42 Å². The van der Waals surface area contributed by atoms with Crippen molar-refractivity contribution in [3.63, 3.8) is 0 Å². The SMILES string of the molecule is CC(C)CCCn1c(C(C)Cl)nc2c(Cl)cccc21. The van der Waals surface area contributed by atoms with Gasteiger partial charge in [0.15, 0.2) is 0 Å². The number of aryl methyl sites for hydroxylation is 1. The molecule has 0 spiro atoms. The van der Waals surface area contributed by atoms with Gasteiger partial charge in [0.2, 0.25) is 0 Å². The van der Waals surface area contributed by atoms with E-state index in [2.05, 4.69) is 29.5 Å². The first-order chi connectivity index (χ1) is 9.00. The first kappa shape index (κ1) is 14.7. The Kier molecular flexibility index (Phi) is 4.75. The molecular formula is C15H20Cl2N2. The van der Waals surface area contributed by atoms with Crippen LogP contribution in [-0.2, 0) is 6.54 Å². The standard InChI is InChI=1S/C15H20Cl2N2/c1-10(2)6-5-9-19-13-8-4-7-12(17)14(13)18-15(19)11(3)16/h4,7-8,10-11H,5-6,9H2,1-3H3. The zero-order chi connectivity index (χ0) is 14.0. The van der Waals surface area contributed by atoms with Crippen LogP contribution in [0.1, 0.15) is 44.8 Å². The molecule has 0 saturated carbocycles. The molecule has 2 rings (SSSR count). The molecule has 0 radical (unpaired) electrons. The second kappa shape index (κ2) is 6.15. The predicted molar refractivity (Wildman–Crippen MR) is 83.1 cm³/mol. The van der Waals surface area contributed by atoms with Gasteiger partial charge >= 0.3 is 0 Å². The maximum atomic E-state index is 6.25. The second-order valence-electron chi connectivity index (χ2n) is 5.38. The number of imidazole rings is 1. The third-order valence-electron chi connectivity index (χ3n) is 3.28. The average Bonchev–Trinajstić information content (AvgIpc) is 2.70. The fraction of sp³-hybridized carbons (Fsp3) is 0.533. The minimum atomic E-state index is -0.109. The molecule has 0 aliphatic carbocycles. The fourth-order valence-corrected chi connectivity index (χ4v) is 2.71. The van der Waals surface area contributed by atoms with Crippen molar-refractivity contribution in [1.29, 1.82) is 0 Å². The number of benzene rings is 1. The highest BCUT2D eigenvalue weighted by Crippen LogP contribution is 2.29. The van der Waals surface area contributed by atoms with Crippen molar-refractivity contribution in [2.45, 2.75) is 45.5 Å². The number of aromatic nitrogens is 2. The summed E-state index contributed by atoms with van der Waals surface area (Å²) in [5, 5.41) is 0.584. The lowest BCUT2D eigenvalue weighted by atomic mass is 10.1. The molecule has 0 N–H and O–H groups in total. The van der Waals surface area contributed by atoms with Crippen molar-refractivity contribution in [2.75, 3.05) is 0 Å². The largest absolute Gasteiger partial charge is 0.327 e. The zero-order valence-electron chi connectivity index (χ0n) is 11.7. The quantitative estimate of drug-likeness (QED) is 0.673. The summed E-state index contributed by atoms with van der Waals surface area (Å²) in [5.74, 6) is 1.63. The fourth-order valence-electron chi connectivity index (χ4n) is 2.33. The van der Waals surface area contributed by atoms with Gasteiger partial charge in [0.05, 0.1) is 15.9 Å². The average molecular weight is 299 g/mol. The lowest BCUT2D eigenvalue weighted by molar-refractivity contribution is 0.509. The summed E-state index contributed by atoms with van der Waals surface area (Å²) >= 11 is 12.5. The van der Waals surface area contributed by atoms with Gasteiger partial charge in [-0.05, 0) is 37.8 Å². The van der Waals surface area contributed by atoms with Crippen molar-refractivity contribution in [2.24, 2.45) is 5.92 Å². The molecule has 1 heterocycles. The molecule has 2 aromatic rings. The zero-order valence-corrected chi connectivity index (χ0v) is 13.2. The van der Waals surface area contributed by atoms with Crippen LogP contribution in [0.5, 0.6) is 0 Å². The number of rotatable bonds is 5. The van der Waals surface area contributed by atoms with E-state index in [9.17, 15) is 0 Å². The molecule has 1 unspecified atom stereocenters. The Labute approximate surface area is 124 Å². The maximum absolute atomic E-state index is 6.25. The second-order valence-corrected chi connectivity index (χ2v) is 6.44. The van der Waals surface area contributed by atoms with Crippen LogP contribution in [0.4, 0.5) is 0 Å². The summed E-state index contributed by atoms with van der Waals surface area (Å²) < 4.78 is 2.21. The Morgan fingerprint density at radius 2 is 2.00 bits per heavy atom. The highest BCUT2D eigenvalue weighted by molar-refractivity contribution is 6.35. The molecule has 1 aromatic carbocycles. The van der Waals surface area contributed by atoms with Crippen LogP contribution in [-0.4, -0.2) is 9.55 Å². The minimum absolute atomic E-state index is 0.109. The maximum Gasteiger partial charge on any atom is 0.127 e. The molecule has 19 heavy (non-hydrogen) atoms. The molecule has 104 valence electrons. The van der Waals surface area contributed by atoms with Gasteiger partial charge in [0.1, 0.15) is 11.3 Å². The number of nitrogens with zero attached hydrogens (tertiary/aromatic N) is 2. The molecular weight excluding hydrogens is 279 g/mol. The Morgan fingerprint density at radius 1 is 1.26 bits per heavy atom. The van der Waals surface area contributed by atoms with Crippen molar-refractivity contribution in [1.82, 2.24) is 9.55 Å². The first-order valence-electron chi connectivity index (χ1n) is 6.79. The van der Waals surface area contributed by atoms with E-state index < -0.39 is 0 Å². The summed E-state index contributed by atoms with van der Waals surface area (Å²) in [6, 6.07) is 5.90. The molecule has 0 bridgehead atoms. The van der Waals surface area contributed by atoms with Crippen molar-refractivity contribution < 1.29 is 0 Å². The molecule has 0 aliphatic heterocycles. The molecule has 4 heteroatoms. The summed E-state index contributed by atoms with van der Waals surface area (Å²) in [6.07, 6.45) is 2.34. The highest BCUT2D eigenvalue weighted by Gasteiger charge is 2.16. The molecule has 2 nitrogen and oxygen atoms in total. The molecule has 0 aliphatic rings. The van der Waals surface area contributed by atoms with Crippen molar-refractivity contribution in [3.8, 4) is 0 Å². The predicted octanol–water partition coefficient (Wildman–Crippen LogP) is 5.43. The topological polar surface area (TPSA) is 17.8 Å². The molecule has 0 saturated heterocycles. The number of para-hydroxylation sites is 1. The molecule has 1 aromatic heterocycles. The highest BCUT2D eigenvalue weighted by atomic mass is 35.5. The third kappa shape index (κ3) is 3.24. The Hall–Kier alpha value is -0.730. The van der Waals surface area contributed by atoms with E-state index in [-0.39, 0.29) is 5.38 Å². The van der Waals surface area contributed by atoms with Crippen LogP contribution in [0.25, 0.3) is 11.0 Å². The summed E-state index contributed by atoms with van der Waals surface area (Å²) in [6.45, 7) is 7.39. The monoisotopic (exact) mass is 298 g/mol. The molecule has 0 amide bonds. The van der Waals surface area contributed by atoms with Gasteiger partial charge in [0.25, 0.3) is 0 Å². The minimum Gasteiger partial charge on any atom is -0.327 e. The van der Waals surface area contributed by atoms with E-state index in [4.69, 9.17) is 23.2 Å². The Morgan fingerprint density at radius 3 is 2.63 bits per heavy atom. The summed E-state index contributed by atoms with van der Waals surface area (Å²) in [4.78, 5) is 4.61. The lowest BCUT2D eigenvalue weighted by Gasteiger charge is -2.11. The van der Waals surface area contributed by atoms with Gasteiger partial charge in [-0.25, -0.2) is 4.98 Å². The van der Waals surface area contributed by atoms with E-state index >= 15 is 0 Å². The van der Waals surface area contributed by atoms with Gasteiger partial charge in [-0.3, -0.25) is 0 Å². The number of hydrogen-bond acceptors (Lipinski definition) is 1. The van der Waals surface area contributed by atoms with Crippen LogP contribution in [0, 0.1) is 5.92 Å². The van der Waals surface area contributed by atoms with E-state index in [0.29, 0.717) is 5.02 Å². The summed E-state index contributed by atoms with van der Waals surface area (Å²) in [7, 11) is 0. The van der Waals surface area contributed by atoms with E-state index in [1.807, 2.05) is 19.1 Å². The Balaban J connectivity index is 2.38. The van der Waals surface area contributed by atoms with Crippen LogP contribution in [0.2, 0.25) is 5.02 Å². The number of hydrogen-bond donors (Lipinski definition) is 0. The van der Waals surface area contributed by atoms with Crippen LogP contribution in [0.3, 0.4) is 0 Å². The normalized spacial score (nSPS) is 13.4. The number of alkyl halides is 1. The van der Waals surface area contributed by atoms with Gasteiger partial charge < -0.3 is 4.57 Å². The van der Waals surface area contributed by atoms with Gasteiger partial charge in [-0.15, -0.1) is 11.6 Å². The first-order valence-corrected chi connectivity index (χ1v) is 7.61. The number of halogens is 2. The van der Waals surface area contributed by atoms with Crippen LogP contribution < -0.4 is 0 Å². The van der Waals surface area contributed by atoms with Crippen molar-refractivity contribution in [3.05, 3.63) is 29.0 Å². The third-order valence-corrected chi connectivity index (χ3v) is 3.78. The molecule has 1 atom stereocenters. The lowest BCUT2D eigenvalue weighted by Crippen LogP contribution is -2.05. The van der Waals surface area contributed by atoms with E-state index in [0.717, 1.165) is 35.7 Å². The van der Waals surface area contributed by atoms with Gasteiger partial charge in [-0.1, -0.05) is 31.5 Å². The van der Waals surface area contributed by atoms with Gasteiger partial charge in [-0.2, -0.15) is 0 Å². The smallest absolute Gasteiger partial charge is 0.127 e. The molecule has 0 fully saturated rings. The van der Waals surface area contributed by atoms with Crippen LogP contribution in [0.15, 0.2) is 18.2 Å². The Bertz CT molecular complexity index is 559. The van der Waals surface area contributed by atoms with Gasteiger partial charge in [0, 0.05) is 6.54 Å². The van der Waals surface area contributed by atoms with E-state index in [1.54, 1.807) is 0 Å².